The molecule has 0 bridgehead atoms. The Morgan fingerprint density at radius 2 is 1.81 bits per heavy atom. The third-order valence-corrected chi connectivity index (χ3v) is 3.92. The Labute approximate surface area is 130 Å². The van der Waals surface area contributed by atoms with Crippen molar-refractivity contribution in [2.75, 3.05) is 11.4 Å². The molecule has 0 N–H and O–H groups in total. The highest BCUT2D eigenvalue weighted by Crippen LogP contribution is 2.31. The first-order chi connectivity index (χ1) is 10.3. The Morgan fingerprint density at radius 1 is 1.00 bits per heavy atom. The van der Waals surface area contributed by atoms with Gasteiger partial charge < -0.3 is 4.90 Å². The van der Waals surface area contributed by atoms with Gasteiger partial charge in [0, 0.05) is 24.0 Å². The minimum Gasteiger partial charge on any atom is -0.326 e. The first-order valence-corrected chi connectivity index (χ1v) is 7.63. The minimum absolute atomic E-state index is 0.494. The Hall–Kier alpha value is -2.06. The molecule has 0 atom stereocenters. The zero-order valence-corrected chi connectivity index (χ0v) is 12.7. The molecule has 0 amide bonds. The van der Waals surface area contributed by atoms with Crippen LogP contribution in [0.15, 0.2) is 60.8 Å². The van der Waals surface area contributed by atoms with E-state index < -0.39 is 0 Å². The van der Waals surface area contributed by atoms with E-state index in [2.05, 4.69) is 59.3 Å². The lowest BCUT2D eigenvalue weighted by atomic mass is 10.1. The van der Waals surface area contributed by atoms with Gasteiger partial charge in [0.1, 0.15) is 5.82 Å². The van der Waals surface area contributed by atoms with Gasteiger partial charge in [-0.1, -0.05) is 42.5 Å². The van der Waals surface area contributed by atoms with Crippen LogP contribution >= 0.6 is 11.6 Å². The molecular weight excluding hydrogens is 280 g/mol. The predicted octanol–water partition coefficient (Wildman–Crippen LogP) is 5.13. The third-order valence-electron chi connectivity index (χ3n) is 3.61. The molecule has 1 aromatic heterocycles. The summed E-state index contributed by atoms with van der Waals surface area (Å²) >= 11 is 5.83. The number of rotatable bonds is 4. The predicted molar refractivity (Wildman–Crippen MR) is 90.4 cm³/mol. The lowest BCUT2D eigenvalue weighted by Crippen LogP contribution is -2.17. The van der Waals surface area contributed by atoms with E-state index in [0.717, 1.165) is 17.9 Å². The molecule has 2 nitrogen and oxygen atoms in total. The van der Waals surface area contributed by atoms with E-state index in [4.69, 9.17) is 11.6 Å². The maximum atomic E-state index is 5.83. The van der Waals surface area contributed by atoms with Crippen molar-refractivity contribution in [1.29, 1.82) is 0 Å². The van der Waals surface area contributed by atoms with Crippen LogP contribution in [0.25, 0.3) is 10.8 Å². The highest BCUT2D eigenvalue weighted by atomic mass is 35.5. The van der Waals surface area contributed by atoms with E-state index in [1.54, 1.807) is 0 Å². The molecule has 3 rings (SSSR count). The highest BCUT2D eigenvalue weighted by molar-refractivity contribution is 6.17. The quantitative estimate of drug-likeness (QED) is 0.620. The van der Waals surface area contributed by atoms with E-state index in [9.17, 15) is 0 Å². The van der Waals surface area contributed by atoms with Crippen LogP contribution in [0.1, 0.15) is 12.5 Å². The smallest absolute Gasteiger partial charge is 0.132 e. The van der Waals surface area contributed by atoms with E-state index >= 15 is 0 Å². The summed E-state index contributed by atoms with van der Waals surface area (Å²) in [7, 11) is 0. The van der Waals surface area contributed by atoms with Gasteiger partial charge in [-0.2, -0.15) is 0 Å². The number of pyridine rings is 1. The van der Waals surface area contributed by atoms with Gasteiger partial charge in [0.25, 0.3) is 0 Å². The Bertz CT molecular complexity index is 732. The maximum Gasteiger partial charge on any atom is 0.132 e. The van der Waals surface area contributed by atoms with Crippen molar-refractivity contribution in [2.24, 2.45) is 0 Å². The van der Waals surface area contributed by atoms with Crippen molar-refractivity contribution in [3.63, 3.8) is 0 Å². The summed E-state index contributed by atoms with van der Waals surface area (Å²) in [6, 6.07) is 18.9. The monoisotopic (exact) mass is 296 g/mol. The second-order valence-corrected chi connectivity index (χ2v) is 5.17. The fraction of sp³-hybridized carbons (Fsp3) is 0.167. The number of nitrogens with zero attached hydrogens (tertiary/aromatic N) is 2. The van der Waals surface area contributed by atoms with Crippen molar-refractivity contribution in [3.05, 3.63) is 66.4 Å². The van der Waals surface area contributed by atoms with Crippen LogP contribution in [-0.4, -0.2) is 11.5 Å². The molecule has 2 aromatic carbocycles. The first kappa shape index (κ1) is 13.9. The van der Waals surface area contributed by atoms with Crippen molar-refractivity contribution in [2.45, 2.75) is 12.8 Å². The number of hydrogen-bond donors (Lipinski definition) is 0. The van der Waals surface area contributed by atoms with Crippen molar-refractivity contribution < 1.29 is 0 Å². The number of hydrogen-bond acceptors (Lipinski definition) is 2. The molecule has 21 heavy (non-hydrogen) atoms. The number of alkyl halides is 1. The SMILES string of the molecule is CCN(c1ccc(CCl)cn1)c1cccc2ccccc12. The zero-order valence-electron chi connectivity index (χ0n) is 12.0. The summed E-state index contributed by atoms with van der Waals surface area (Å²) in [5.74, 6) is 1.44. The van der Waals surface area contributed by atoms with Gasteiger partial charge >= 0.3 is 0 Å². The minimum atomic E-state index is 0.494. The number of aromatic nitrogens is 1. The molecule has 1 heterocycles. The van der Waals surface area contributed by atoms with Crippen molar-refractivity contribution in [3.8, 4) is 0 Å². The van der Waals surface area contributed by atoms with Crippen LogP contribution in [0.3, 0.4) is 0 Å². The molecular formula is C18H17ClN2. The molecule has 3 heteroatoms. The summed E-state index contributed by atoms with van der Waals surface area (Å²) in [6.45, 7) is 3.00. The highest BCUT2D eigenvalue weighted by Gasteiger charge is 2.11. The molecule has 0 fully saturated rings. The molecule has 0 aliphatic carbocycles. The van der Waals surface area contributed by atoms with Crippen LogP contribution in [0, 0.1) is 0 Å². The van der Waals surface area contributed by atoms with E-state index in [1.807, 2.05) is 18.3 Å². The topological polar surface area (TPSA) is 16.1 Å². The maximum absolute atomic E-state index is 5.83. The summed E-state index contributed by atoms with van der Waals surface area (Å²) in [6.07, 6.45) is 1.84. The lowest BCUT2D eigenvalue weighted by molar-refractivity contribution is 0.991. The number of fused-ring (bicyclic) bond motifs is 1. The summed E-state index contributed by atoms with van der Waals surface area (Å²) in [5, 5.41) is 2.48. The van der Waals surface area contributed by atoms with Gasteiger partial charge in [-0.3, -0.25) is 0 Å². The van der Waals surface area contributed by atoms with Crippen molar-refractivity contribution >= 4 is 33.9 Å². The Kier molecular flexibility index (Phi) is 4.07. The zero-order chi connectivity index (χ0) is 14.7. The first-order valence-electron chi connectivity index (χ1n) is 7.09. The number of anilines is 2. The van der Waals surface area contributed by atoms with Gasteiger partial charge in [-0.25, -0.2) is 4.98 Å². The summed E-state index contributed by atoms with van der Waals surface area (Å²) < 4.78 is 0. The van der Waals surface area contributed by atoms with Crippen LogP contribution in [0.5, 0.6) is 0 Å². The fourth-order valence-corrected chi connectivity index (χ4v) is 2.71. The van der Waals surface area contributed by atoms with Gasteiger partial charge in [0.05, 0.1) is 5.69 Å². The average molecular weight is 297 g/mol. The standard InChI is InChI=1S/C18H17ClN2/c1-2-21(18-11-10-14(12-19)13-20-18)17-9-5-7-15-6-3-4-8-16(15)17/h3-11,13H,2,12H2,1H3. The second-order valence-electron chi connectivity index (χ2n) is 4.90. The molecule has 0 radical (unpaired) electrons. The molecule has 0 unspecified atom stereocenters. The number of halogens is 1. The van der Waals surface area contributed by atoms with E-state index in [1.165, 1.54) is 16.5 Å². The molecule has 3 aromatic rings. The van der Waals surface area contributed by atoms with Crippen LogP contribution in [0.4, 0.5) is 11.5 Å². The lowest BCUT2D eigenvalue weighted by Gasteiger charge is -2.24. The average Bonchev–Trinajstić information content (AvgIpc) is 2.56. The molecule has 0 spiro atoms. The second kappa shape index (κ2) is 6.15. The molecule has 0 saturated heterocycles. The fourth-order valence-electron chi connectivity index (χ4n) is 2.55. The van der Waals surface area contributed by atoms with Crippen LogP contribution in [0.2, 0.25) is 0 Å². The Balaban J connectivity index is 2.09. The van der Waals surface area contributed by atoms with Crippen molar-refractivity contribution in [1.82, 2.24) is 4.98 Å². The van der Waals surface area contributed by atoms with Crippen LogP contribution in [-0.2, 0) is 5.88 Å². The summed E-state index contributed by atoms with van der Waals surface area (Å²) in [4.78, 5) is 6.77. The molecule has 0 saturated carbocycles. The molecule has 106 valence electrons. The molecule has 0 aliphatic heterocycles. The van der Waals surface area contributed by atoms with E-state index in [-0.39, 0.29) is 0 Å². The number of benzene rings is 2. The van der Waals surface area contributed by atoms with E-state index in [0.29, 0.717) is 5.88 Å². The summed E-state index contributed by atoms with van der Waals surface area (Å²) in [5.41, 5.74) is 2.22. The molecule has 0 aliphatic rings. The van der Waals surface area contributed by atoms with Gasteiger partial charge in [0.15, 0.2) is 0 Å². The largest absolute Gasteiger partial charge is 0.326 e. The van der Waals surface area contributed by atoms with Gasteiger partial charge in [-0.15, -0.1) is 11.6 Å². The van der Waals surface area contributed by atoms with Crippen LogP contribution < -0.4 is 4.90 Å². The van der Waals surface area contributed by atoms with Gasteiger partial charge in [-0.05, 0) is 30.0 Å². The van der Waals surface area contributed by atoms with Gasteiger partial charge in [0.2, 0.25) is 0 Å². The normalized spacial score (nSPS) is 10.8. The third kappa shape index (κ3) is 2.72. The Morgan fingerprint density at radius 3 is 2.52 bits per heavy atom.